The minimum atomic E-state index is -0.775. The Morgan fingerprint density at radius 1 is 0.294 bits per heavy atom. The number of allylic oxidation sites excluding steroid dienone is 8. The smallest absolute Gasteiger partial charge is 0.306 e. The van der Waals surface area contributed by atoms with E-state index in [9.17, 15) is 14.4 Å². The standard InChI is InChI=1S/C62H112O6/c1-4-7-10-13-16-19-22-25-27-29-31-33-35-37-40-43-46-49-52-55-61(64)67-58-59(57-66-60(63)54-51-48-45-42-39-24-21-18-15-12-9-6-3)68-62(65)56-53-50-47-44-41-38-36-34-32-30-28-26-23-20-17-14-11-8-5-2/h16-17,19-20,25-28,59H,4-15,18,21-24,29-58H2,1-3H3/b19-16-,20-17-,27-25-,28-26-/t59-/m1/s1. The van der Waals surface area contributed by atoms with Crippen molar-refractivity contribution in [3.8, 4) is 0 Å². The molecule has 0 fully saturated rings. The van der Waals surface area contributed by atoms with Gasteiger partial charge in [0.15, 0.2) is 6.10 Å². The van der Waals surface area contributed by atoms with E-state index < -0.39 is 6.10 Å². The van der Waals surface area contributed by atoms with Gasteiger partial charge in [0.25, 0.3) is 0 Å². The lowest BCUT2D eigenvalue weighted by Gasteiger charge is -2.18. The number of rotatable bonds is 54. The Hall–Kier alpha value is -2.63. The molecule has 0 aromatic carbocycles. The summed E-state index contributed by atoms with van der Waals surface area (Å²) in [5.41, 5.74) is 0. The fourth-order valence-corrected chi connectivity index (χ4v) is 8.56. The molecular formula is C62H112O6. The Kier molecular flexibility index (Phi) is 54.8. The molecule has 68 heavy (non-hydrogen) atoms. The van der Waals surface area contributed by atoms with Gasteiger partial charge in [0, 0.05) is 19.3 Å². The van der Waals surface area contributed by atoms with E-state index in [1.54, 1.807) is 0 Å². The average molecular weight is 954 g/mol. The van der Waals surface area contributed by atoms with Gasteiger partial charge in [-0.15, -0.1) is 0 Å². The fraction of sp³-hybridized carbons (Fsp3) is 0.823. The number of carbonyl (C=O) groups is 3. The van der Waals surface area contributed by atoms with E-state index >= 15 is 0 Å². The molecular weight excluding hydrogens is 841 g/mol. The molecule has 0 saturated carbocycles. The Labute approximate surface area is 422 Å². The van der Waals surface area contributed by atoms with E-state index in [1.807, 2.05) is 0 Å². The number of hydrogen-bond acceptors (Lipinski definition) is 6. The molecule has 6 heteroatoms. The summed E-state index contributed by atoms with van der Waals surface area (Å²) in [5.74, 6) is -0.866. The van der Waals surface area contributed by atoms with Gasteiger partial charge in [-0.1, -0.05) is 256 Å². The SMILES string of the molecule is CCCCC/C=C\C/C=C\CCCCCCCCCCCC(=O)OC[C@@H](COC(=O)CCCCCCCCCCCCCC)OC(=O)CCCCCCCCCCC/C=C\C/C=C\CCCCC. The van der Waals surface area contributed by atoms with Crippen LogP contribution in [0, 0.1) is 0 Å². The van der Waals surface area contributed by atoms with E-state index in [0.717, 1.165) is 70.6 Å². The summed E-state index contributed by atoms with van der Waals surface area (Å²) in [6.07, 6.45) is 69.5. The third kappa shape index (κ3) is 54.3. The lowest BCUT2D eigenvalue weighted by atomic mass is 10.0. The van der Waals surface area contributed by atoms with Gasteiger partial charge in [-0.3, -0.25) is 14.4 Å². The summed E-state index contributed by atoms with van der Waals surface area (Å²) in [5, 5.41) is 0. The summed E-state index contributed by atoms with van der Waals surface area (Å²) < 4.78 is 16.9. The third-order valence-corrected chi connectivity index (χ3v) is 13.1. The van der Waals surface area contributed by atoms with E-state index in [0.29, 0.717) is 19.3 Å². The topological polar surface area (TPSA) is 78.9 Å². The fourth-order valence-electron chi connectivity index (χ4n) is 8.56. The van der Waals surface area contributed by atoms with Crippen molar-refractivity contribution in [3.05, 3.63) is 48.6 Å². The van der Waals surface area contributed by atoms with Crippen LogP contribution in [-0.2, 0) is 28.6 Å². The molecule has 0 aliphatic heterocycles. The Morgan fingerprint density at radius 3 is 0.838 bits per heavy atom. The van der Waals surface area contributed by atoms with E-state index in [4.69, 9.17) is 14.2 Å². The zero-order valence-electron chi connectivity index (χ0n) is 45.4. The van der Waals surface area contributed by atoms with Crippen LogP contribution in [0.15, 0.2) is 48.6 Å². The van der Waals surface area contributed by atoms with E-state index in [-0.39, 0.29) is 31.1 Å². The van der Waals surface area contributed by atoms with Crippen LogP contribution in [-0.4, -0.2) is 37.2 Å². The van der Waals surface area contributed by atoms with Crippen molar-refractivity contribution >= 4 is 17.9 Å². The molecule has 0 aliphatic carbocycles. The zero-order valence-corrected chi connectivity index (χ0v) is 45.4. The van der Waals surface area contributed by atoms with Gasteiger partial charge in [-0.05, 0) is 83.5 Å². The second kappa shape index (κ2) is 57.0. The molecule has 0 N–H and O–H groups in total. The van der Waals surface area contributed by atoms with Crippen molar-refractivity contribution in [1.82, 2.24) is 0 Å². The number of esters is 3. The van der Waals surface area contributed by atoms with Crippen molar-refractivity contribution in [2.24, 2.45) is 0 Å². The molecule has 0 aliphatic rings. The second-order valence-electron chi connectivity index (χ2n) is 19.9. The first-order valence-corrected chi connectivity index (χ1v) is 29.6. The van der Waals surface area contributed by atoms with Gasteiger partial charge in [-0.25, -0.2) is 0 Å². The van der Waals surface area contributed by atoms with Crippen LogP contribution >= 0.6 is 0 Å². The molecule has 0 heterocycles. The van der Waals surface area contributed by atoms with Gasteiger partial charge in [0.2, 0.25) is 0 Å². The largest absolute Gasteiger partial charge is 0.462 e. The third-order valence-electron chi connectivity index (χ3n) is 13.1. The lowest BCUT2D eigenvalue weighted by Crippen LogP contribution is -2.30. The number of unbranched alkanes of at least 4 members (excludes halogenated alkanes) is 35. The quantitative estimate of drug-likeness (QED) is 0.0262. The Bertz CT molecular complexity index is 1190. The molecule has 0 amide bonds. The predicted molar refractivity (Wildman–Crippen MR) is 293 cm³/mol. The molecule has 0 bridgehead atoms. The van der Waals surface area contributed by atoms with Gasteiger partial charge in [0.05, 0.1) is 0 Å². The number of ether oxygens (including phenoxy) is 3. The maximum Gasteiger partial charge on any atom is 0.306 e. The molecule has 0 aromatic heterocycles. The number of carbonyl (C=O) groups excluding carboxylic acids is 3. The Balaban J connectivity index is 4.33. The first-order valence-electron chi connectivity index (χ1n) is 29.6. The summed E-state index contributed by atoms with van der Waals surface area (Å²) in [6, 6.07) is 0. The molecule has 6 nitrogen and oxygen atoms in total. The Morgan fingerprint density at radius 2 is 0.529 bits per heavy atom. The van der Waals surface area contributed by atoms with Crippen LogP contribution in [0.25, 0.3) is 0 Å². The van der Waals surface area contributed by atoms with Crippen LogP contribution in [0.4, 0.5) is 0 Å². The van der Waals surface area contributed by atoms with Gasteiger partial charge >= 0.3 is 17.9 Å². The predicted octanol–water partition coefficient (Wildman–Crippen LogP) is 19.8. The molecule has 0 spiro atoms. The second-order valence-corrected chi connectivity index (χ2v) is 19.9. The van der Waals surface area contributed by atoms with Gasteiger partial charge < -0.3 is 14.2 Å². The zero-order chi connectivity index (χ0) is 49.3. The molecule has 0 saturated heterocycles. The maximum absolute atomic E-state index is 12.9. The van der Waals surface area contributed by atoms with Crippen molar-refractivity contribution in [3.63, 3.8) is 0 Å². The van der Waals surface area contributed by atoms with E-state index in [2.05, 4.69) is 69.4 Å². The molecule has 0 unspecified atom stereocenters. The van der Waals surface area contributed by atoms with Crippen LogP contribution < -0.4 is 0 Å². The highest BCUT2D eigenvalue weighted by Gasteiger charge is 2.19. The first-order chi connectivity index (χ1) is 33.5. The first kappa shape index (κ1) is 65.4. The molecule has 1 atom stereocenters. The minimum Gasteiger partial charge on any atom is -0.462 e. The summed E-state index contributed by atoms with van der Waals surface area (Å²) in [4.78, 5) is 38.2. The van der Waals surface area contributed by atoms with Crippen molar-refractivity contribution < 1.29 is 28.6 Å². The maximum atomic E-state index is 12.9. The highest BCUT2D eigenvalue weighted by Crippen LogP contribution is 2.16. The van der Waals surface area contributed by atoms with Gasteiger partial charge in [0.1, 0.15) is 13.2 Å². The molecule has 0 radical (unpaired) electrons. The minimum absolute atomic E-state index is 0.0729. The van der Waals surface area contributed by atoms with Crippen molar-refractivity contribution in [2.45, 2.75) is 316 Å². The van der Waals surface area contributed by atoms with Crippen LogP contribution in [0.2, 0.25) is 0 Å². The summed E-state index contributed by atoms with van der Waals surface area (Å²) in [7, 11) is 0. The summed E-state index contributed by atoms with van der Waals surface area (Å²) >= 11 is 0. The normalized spacial score (nSPS) is 12.3. The summed E-state index contributed by atoms with van der Waals surface area (Å²) in [6.45, 7) is 6.62. The molecule has 0 rings (SSSR count). The number of hydrogen-bond donors (Lipinski definition) is 0. The van der Waals surface area contributed by atoms with Crippen molar-refractivity contribution in [2.75, 3.05) is 13.2 Å². The van der Waals surface area contributed by atoms with Crippen molar-refractivity contribution in [1.29, 1.82) is 0 Å². The highest BCUT2D eigenvalue weighted by molar-refractivity contribution is 5.71. The molecule has 396 valence electrons. The highest BCUT2D eigenvalue weighted by atomic mass is 16.6. The average Bonchev–Trinajstić information content (AvgIpc) is 3.34. The van der Waals surface area contributed by atoms with Crippen LogP contribution in [0.5, 0.6) is 0 Å². The van der Waals surface area contributed by atoms with Crippen LogP contribution in [0.1, 0.15) is 310 Å². The monoisotopic (exact) mass is 953 g/mol. The van der Waals surface area contributed by atoms with E-state index in [1.165, 1.54) is 199 Å². The molecule has 0 aromatic rings. The van der Waals surface area contributed by atoms with Gasteiger partial charge in [-0.2, -0.15) is 0 Å². The lowest BCUT2D eigenvalue weighted by molar-refractivity contribution is -0.167. The van der Waals surface area contributed by atoms with Crippen LogP contribution in [0.3, 0.4) is 0 Å².